The highest BCUT2D eigenvalue weighted by Gasteiger charge is 2.38. The Kier molecular flexibility index (Phi) is 4.59. The van der Waals surface area contributed by atoms with Gasteiger partial charge in [0.05, 0.1) is 0 Å². The second kappa shape index (κ2) is 6.61. The maximum absolute atomic E-state index is 11.1. The van der Waals surface area contributed by atoms with Gasteiger partial charge in [-0.25, -0.2) is 0 Å². The van der Waals surface area contributed by atoms with E-state index < -0.39 is 0 Å². The van der Waals surface area contributed by atoms with Crippen LogP contribution >= 0.6 is 0 Å². The summed E-state index contributed by atoms with van der Waals surface area (Å²) in [5.74, 6) is 1.62. The van der Waals surface area contributed by atoms with Crippen LogP contribution in [0.3, 0.4) is 0 Å². The Morgan fingerprint density at radius 2 is 1.86 bits per heavy atom. The van der Waals surface area contributed by atoms with Gasteiger partial charge in [0.1, 0.15) is 0 Å². The molecule has 0 aliphatic heterocycles. The van der Waals surface area contributed by atoms with E-state index in [4.69, 9.17) is 0 Å². The van der Waals surface area contributed by atoms with Crippen LogP contribution in [0, 0.1) is 5.92 Å². The number of carbonyl (C=O) groups is 1. The fraction of sp³-hybridized carbons (Fsp3) is 0.611. The Labute approximate surface area is 127 Å². The van der Waals surface area contributed by atoms with Crippen LogP contribution < -0.4 is 10.6 Å². The van der Waals surface area contributed by atoms with Crippen LogP contribution in [-0.4, -0.2) is 24.5 Å². The normalized spacial score (nSPS) is 31.7. The maximum Gasteiger partial charge on any atom is 0.217 e. The van der Waals surface area contributed by atoms with Crippen molar-refractivity contribution in [3.63, 3.8) is 0 Å². The number of hydrogen-bond acceptors (Lipinski definition) is 2. The Morgan fingerprint density at radius 1 is 1.14 bits per heavy atom. The largest absolute Gasteiger partial charge is 0.354 e. The van der Waals surface area contributed by atoms with Crippen molar-refractivity contribution in [3.05, 3.63) is 35.9 Å². The summed E-state index contributed by atoms with van der Waals surface area (Å²) >= 11 is 0. The topological polar surface area (TPSA) is 41.1 Å². The fourth-order valence-corrected chi connectivity index (χ4v) is 3.61. The molecule has 2 aliphatic carbocycles. The first-order valence-corrected chi connectivity index (χ1v) is 8.28. The molecule has 114 valence electrons. The summed E-state index contributed by atoms with van der Waals surface area (Å²) in [7, 11) is 0. The molecule has 0 spiro atoms. The Balaban J connectivity index is 1.35. The van der Waals surface area contributed by atoms with Gasteiger partial charge in [0, 0.05) is 24.9 Å². The molecule has 0 saturated heterocycles. The third kappa shape index (κ3) is 4.07. The van der Waals surface area contributed by atoms with E-state index in [9.17, 15) is 4.79 Å². The minimum absolute atomic E-state index is 0.111. The lowest BCUT2D eigenvalue weighted by molar-refractivity contribution is -0.119. The van der Waals surface area contributed by atoms with E-state index in [-0.39, 0.29) is 5.91 Å². The van der Waals surface area contributed by atoms with Gasteiger partial charge in [-0.3, -0.25) is 4.79 Å². The molecular weight excluding hydrogens is 260 g/mol. The van der Waals surface area contributed by atoms with Gasteiger partial charge in [0.2, 0.25) is 5.91 Å². The Bertz CT molecular complexity index is 465. The van der Waals surface area contributed by atoms with Gasteiger partial charge in [-0.15, -0.1) is 0 Å². The van der Waals surface area contributed by atoms with Crippen LogP contribution in [-0.2, 0) is 4.79 Å². The molecule has 21 heavy (non-hydrogen) atoms. The van der Waals surface area contributed by atoms with Crippen LogP contribution in [0.25, 0.3) is 0 Å². The molecule has 2 N–H and O–H groups in total. The summed E-state index contributed by atoms with van der Waals surface area (Å²) in [6.45, 7) is 2.76. The van der Waals surface area contributed by atoms with Crippen molar-refractivity contribution in [2.75, 3.05) is 6.54 Å². The minimum atomic E-state index is 0.111. The zero-order chi connectivity index (χ0) is 14.7. The summed E-state index contributed by atoms with van der Waals surface area (Å²) in [4.78, 5) is 11.1. The molecule has 2 atom stereocenters. The van der Waals surface area contributed by atoms with E-state index in [2.05, 4.69) is 41.0 Å². The van der Waals surface area contributed by atoms with Gasteiger partial charge in [0.15, 0.2) is 0 Å². The second-order valence-corrected chi connectivity index (χ2v) is 6.69. The number of benzene rings is 1. The smallest absolute Gasteiger partial charge is 0.217 e. The predicted octanol–water partition coefficient (Wildman–Crippen LogP) is 2.83. The van der Waals surface area contributed by atoms with Crippen LogP contribution in [0.5, 0.6) is 0 Å². The molecule has 2 saturated carbocycles. The molecule has 0 aromatic heterocycles. The molecule has 3 rings (SSSR count). The zero-order valence-corrected chi connectivity index (χ0v) is 12.8. The third-order valence-electron chi connectivity index (χ3n) is 4.94. The first-order chi connectivity index (χ1) is 10.2. The van der Waals surface area contributed by atoms with Crippen molar-refractivity contribution in [1.29, 1.82) is 0 Å². The Hall–Kier alpha value is -1.35. The monoisotopic (exact) mass is 286 g/mol. The van der Waals surface area contributed by atoms with Crippen molar-refractivity contribution >= 4 is 5.91 Å². The molecule has 3 nitrogen and oxygen atoms in total. The van der Waals surface area contributed by atoms with Gasteiger partial charge in [-0.2, -0.15) is 0 Å². The van der Waals surface area contributed by atoms with Crippen LogP contribution in [0.15, 0.2) is 30.3 Å². The molecule has 0 heterocycles. The van der Waals surface area contributed by atoms with Gasteiger partial charge < -0.3 is 10.6 Å². The first-order valence-electron chi connectivity index (χ1n) is 8.28. The Morgan fingerprint density at radius 3 is 2.52 bits per heavy atom. The number of amides is 1. The van der Waals surface area contributed by atoms with Gasteiger partial charge in [-0.1, -0.05) is 30.3 Å². The number of hydrogen-bond donors (Lipinski definition) is 2. The van der Waals surface area contributed by atoms with E-state index >= 15 is 0 Å². The molecule has 1 aromatic rings. The van der Waals surface area contributed by atoms with Crippen LogP contribution in [0.1, 0.15) is 50.5 Å². The minimum Gasteiger partial charge on any atom is -0.354 e. The average Bonchev–Trinajstić information content (AvgIpc) is 3.27. The molecular formula is C18H26N2O. The lowest BCUT2D eigenvalue weighted by Crippen LogP contribution is -2.38. The van der Waals surface area contributed by atoms with Crippen molar-refractivity contribution in [2.45, 2.75) is 57.0 Å². The SMILES string of the molecule is CC(=O)NC1CCC(CNC2CC2c2ccccc2)CC1. The average molecular weight is 286 g/mol. The zero-order valence-electron chi connectivity index (χ0n) is 12.8. The standard InChI is InChI=1S/C18H26N2O/c1-13(21)20-16-9-7-14(8-10-16)12-19-18-11-17(18)15-5-3-2-4-6-15/h2-6,14,16-19H,7-12H2,1H3,(H,20,21). The first kappa shape index (κ1) is 14.6. The van der Waals surface area contributed by atoms with Gasteiger partial charge >= 0.3 is 0 Å². The molecule has 2 fully saturated rings. The fourth-order valence-electron chi connectivity index (χ4n) is 3.61. The number of rotatable bonds is 5. The van der Waals surface area contributed by atoms with E-state index in [0.29, 0.717) is 12.1 Å². The molecule has 1 aromatic carbocycles. The third-order valence-corrected chi connectivity index (χ3v) is 4.94. The lowest BCUT2D eigenvalue weighted by atomic mass is 9.86. The molecule has 2 aliphatic rings. The summed E-state index contributed by atoms with van der Waals surface area (Å²) in [6.07, 6.45) is 6.03. The number of nitrogens with one attached hydrogen (secondary N) is 2. The van der Waals surface area contributed by atoms with Crippen molar-refractivity contribution in [1.82, 2.24) is 10.6 Å². The molecule has 3 heteroatoms. The van der Waals surface area contributed by atoms with Crippen molar-refractivity contribution in [3.8, 4) is 0 Å². The highest BCUT2D eigenvalue weighted by Crippen LogP contribution is 2.40. The van der Waals surface area contributed by atoms with E-state index in [1.54, 1.807) is 6.92 Å². The van der Waals surface area contributed by atoms with Crippen molar-refractivity contribution in [2.24, 2.45) is 5.92 Å². The summed E-state index contributed by atoms with van der Waals surface area (Å²) in [5.41, 5.74) is 1.48. The van der Waals surface area contributed by atoms with Crippen LogP contribution in [0.2, 0.25) is 0 Å². The molecule has 0 bridgehead atoms. The van der Waals surface area contributed by atoms with Gasteiger partial charge in [-0.05, 0) is 50.1 Å². The molecule has 0 radical (unpaired) electrons. The van der Waals surface area contributed by atoms with E-state index in [0.717, 1.165) is 31.2 Å². The van der Waals surface area contributed by atoms with Crippen molar-refractivity contribution < 1.29 is 4.79 Å². The number of carbonyl (C=O) groups excluding carboxylic acids is 1. The quantitative estimate of drug-likeness (QED) is 0.874. The van der Waals surface area contributed by atoms with Gasteiger partial charge in [0.25, 0.3) is 0 Å². The molecule has 2 unspecified atom stereocenters. The predicted molar refractivity (Wildman–Crippen MR) is 85.2 cm³/mol. The summed E-state index contributed by atoms with van der Waals surface area (Å²) in [5, 5.41) is 6.79. The summed E-state index contributed by atoms with van der Waals surface area (Å²) < 4.78 is 0. The van der Waals surface area contributed by atoms with Crippen LogP contribution in [0.4, 0.5) is 0 Å². The molecule has 1 amide bonds. The maximum atomic E-state index is 11.1. The summed E-state index contributed by atoms with van der Waals surface area (Å²) in [6, 6.07) is 11.9. The van der Waals surface area contributed by atoms with E-state index in [1.807, 2.05) is 0 Å². The van der Waals surface area contributed by atoms with E-state index in [1.165, 1.54) is 24.8 Å². The highest BCUT2D eigenvalue weighted by molar-refractivity contribution is 5.73. The lowest BCUT2D eigenvalue weighted by Gasteiger charge is -2.29. The highest BCUT2D eigenvalue weighted by atomic mass is 16.1. The second-order valence-electron chi connectivity index (χ2n) is 6.69.